The van der Waals surface area contributed by atoms with Crippen molar-refractivity contribution in [3.8, 4) is 50.6 Å². The lowest BCUT2D eigenvalue weighted by atomic mass is 9.69. The van der Waals surface area contributed by atoms with Crippen molar-refractivity contribution in [2.45, 2.75) is 56.8 Å². The summed E-state index contributed by atoms with van der Waals surface area (Å²) < 4.78 is 0. The molecule has 0 N–H and O–H groups in total. The number of nitriles is 1. The molecule has 55 heavy (non-hydrogen) atoms. The lowest BCUT2D eigenvalue weighted by Gasteiger charge is -2.37. The Labute approximate surface area is 323 Å². The fraction of sp³-hybridized carbons (Fsp3) is 0.255. The fourth-order valence-electron chi connectivity index (χ4n) is 11.7. The summed E-state index contributed by atoms with van der Waals surface area (Å²) >= 11 is 0. The van der Waals surface area contributed by atoms with Gasteiger partial charge in [0.2, 0.25) is 0 Å². The van der Waals surface area contributed by atoms with Crippen molar-refractivity contribution in [2.75, 3.05) is 36.0 Å². The van der Waals surface area contributed by atoms with Gasteiger partial charge in [-0.1, -0.05) is 48.5 Å². The molecule has 0 atom stereocenters. The fourth-order valence-corrected chi connectivity index (χ4v) is 11.7. The van der Waals surface area contributed by atoms with E-state index in [1.54, 1.807) is 0 Å². The Morgan fingerprint density at radius 2 is 0.909 bits per heavy atom. The second kappa shape index (κ2) is 11.5. The molecule has 0 aromatic heterocycles. The number of aryl methyl sites for hydroxylation is 4. The second-order valence-corrected chi connectivity index (χ2v) is 16.7. The zero-order chi connectivity index (χ0) is 36.4. The quantitative estimate of drug-likeness (QED) is 0.168. The van der Waals surface area contributed by atoms with Gasteiger partial charge in [0, 0.05) is 37.6 Å². The van der Waals surface area contributed by atoms with E-state index in [0.29, 0.717) is 11.3 Å². The van der Waals surface area contributed by atoms with Gasteiger partial charge in [-0.3, -0.25) is 0 Å². The van der Waals surface area contributed by atoms with Crippen molar-refractivity contribution in [1.29, 1.82) is 5.26 Å². The van der Waals surface area contributed by atoms with Gasteiger partial charge in [-0.25, -0.2) is 4.85 Å². The first-order chi connectivity index (χ1) is 27.1. The highest BCUT2D eigenvalue weighted by Crippen LogP contribution is 2.64. The molecular weight excluding hydrogens is 669 g/mol. The summed E-state index contributed by atoms with van der Waals surface area (Å²) in [6.45, 7) is 12.8. The Morgan fingerprint density at radius 3 is 1.36 bits per heavy atom. The highest BCUT2D eigenvalue weighted by Gasteiger charge is 2.52. The second-order valence-electron chi connectivity index (χ2n) is 16.7. The van der Waals surface area contributed by atoms with Crippen molar-refractivity contribution >= 4 is 17.1 Å². The lowest BCUT2D eigenvalue weighted by Crippen LogP contribution is -2.34. The molecule has 0 radical (unpaired) electrons. The van der Waals surface area contributed by atoms with E-state index >= 15 is 0 Å². The Morgan fingerprint density at radius 1 is 0.491 bits per heavy atom. The van der Waals surface area contributed by atoms with E-state index in [-0.39, 0.29) is 0 Å². The summed E-state index contributed by atoms with van der Waals surface area (Å²) in [6.07, 6.45) is 9.38. The molecule has 0 fully saturated rings. The predicted molar refractivity (Wildman–Crippen MR) is 222 cm³/mol. The Bertz CT molecular complexity index is 2520. The van der Waals surface area contributed by atoms with Crippen molar-refractivity contribution in [2.24, 2.45) is 0 Å². The molecule has 0 saturated carbocycles. The van der Waals surface area contributed by atoms with Crippen LogP contribution in [0.2, 0.25) is 0 Å². The van der Waals surface area contributed by atoms with Gasteiger partial charge in [0.25, 0.3) is 0 Å². The molecule has 12 rings (SSSR count). The standard InChI is InChI=1S/C51H40N4/c1-53-40-13-17-44-41-14-10-31(30-52)22-45(41)51(48(44)29-40)46-27-32(38-23-34-6-2-18-54-19-3-7-35(24-38)49(34)54)11-15-42(46)43-16-12-33(28-47(43)51)39-25-36-8-4-20-55-21-5-9-37(26-39)50(36)55/h10-17,22-29H,2-9,18-21H2. The molecule has 2 aliphatic carbocycles. The average molecular weight is 709 g/mol. The predicted octanol–water partition coefficient (Wildman–Crippen LogP) is 11.2. The summed E-state index contributed by atoms with van der Waals surface area (Å²) in [7, 11) is 0. The van der Waals surface area contributed by atoms with Crippen LogP contribution in [-0.2, 0) is 31.1 Å². The topological polar surface area (TPSA) is 34.6 Å². The SMILES string of the molecule is [C-]#[N+]c1ccc2c(c1)C1(c3cc(C#N)ccc3-2)c2cc(-c3cc4c5c(c3)CCCN5CCC4)ccc2-c2ccc(-c3cc4c5c(c3)CCCN5CCC4)cc21. The summed E-state index contributed by atoms with van der Waals surface area (Å²) in [5.41, 5.74) is 24.2. The van der Waals surface area contributed by atoms with Gasteiger partial charge in [-0.2, -0.15) is 5.26 Å². The Hall–Kier alpha value is -6.10. The third kappa shape index (κ3) is 4.26. The van der Waals surface area contributed by atoms with Crippen molar-refractivity contribution in [3.63, 3.8) is 0 Å². The highest BCUT2D eigenvalue weighted by molar-refractivity contribution is 5.98. The maximum absolute atomic E-state index is 10.3. The Balaban J connectivity index is 1.13. The third-order valence-electron chi connectivity index (χ3n) is 13.8. The van der Waals surface area contributed by atoms with Gasteiger partial charge in [-0.05, 0) is 189 Å². The molecule has 6 aliphatic rings. The van der Waals surface area contributed by atoms with Crippen molar-refractivity contribution in [1.82, 2.24) is 0 Å². The van der Waals surface area contributed by atoms with E-state index in [2.05, 4.69) is 106 Å². The van der Waals surface area contributed by atoms with E-state index in [9.17, 15) is 5.26 Å². The van der Waals surface area contributed by atoms with Crippen LogP contribution < -0.4 is 9.80 Å². The first-order valence-corrected chi connectivity index (χ1v) is 20.3. The monoisotopic (exact) mass is 708 g/mol. The maximum atomic E-state index is 10.3. The molecule has 0 amide bonds. The number of rotatable bonds is 2. The molecule has 0 unspecified atom stereocenters. The van der Waals surface area contributed by atoms with Gasteiger partial charge in [0.05, 0.1) is 23.6 Å². The normalized spacial score (nSPS) is 17.3. The summed E-state index contributed by atoms with van der Waals surface area (Å²) in [5, 5.41) is 10.3. The van der Waals surface area contributed by atoms with Gasteiger partial charge in [0.1, 0.15) is 0 Å². The van der Waals surface area contributed by atoms with E-state index in [1.807, 2.05) is 12.1 Å². The number of hydrogen-bond donors (Lipinski definition) is 0. The highest BCUT2D eigenvalue weighted by atomic mass is 15.1. The first kappa shape index (κ1) is 31.3. The summed E-state index contributed by atoms with van der Waals surface area (Å²) in [5.74, 6) is 0. The summed E-state index contributed by atoms with van der Waals surface area (Å²) in [6, 6.07) is 39.2. The van der Waals surface area contributed by atoms with Crippen LogP contribution in [0, 0.1) is 17.9 Å². The molecule has 4 nitrogen and oxygen atoms in total. The minimum Gasteiger partial charge on any atom is -0.371 e. The molecule has 4 heteroatoms. The van der Waals surface area contributed by atoms with Gasteiger partial charge >= 0.3 is 0 Å². The number of fused-ring (bicyclic) bond motifs is 10. The lowest BCUT2D eigenvalue weighted by molar-refractivity contribution is 0.634. The van der Waals surface area contributed by atoms with E-state index in [4.69, 9.17) is 6.57 Å². The van der Waals surface area contributed by atoms with Crippen LogP contribution in [-0.4, -0.2) is 26.2 Å². The zero-order valence-corrected chi connectivity index (χ0v) is 31.0. The van der Waals surface area contributed by atoms with Crippen LogP contribution in [0.3, 0.4) is 0 Å². The first-order valence-electron chi connectivity index (χ1n) is 20.3. The molecule has 264 valence electrons. The van der Waals surface area contributed by atoms with E-state index in [0.717, 1.165) is 47.9 Å². The van der Waals surface area contributed by atoms with Gasteiger partial charge < -0.3 is 9.80 Å². The average Bonchev–Trinajstić information content (AvgIpc) is 3.69. The van der Waals surface area contributed by atoms with Crippen molar-refractivity contribution < 1.29 is 0 Å². The number of anilines is 2. The zero-order valence-electron chi connectivity index (χ0n) is 31.0. The molecule has 4 aliphatic heterocycles. The van der Waals surface area contributed by atoms with Crippen LogP contribution >= 0.6 is 0 Å². The number of nitrogens with zero attached hydrogens (tertiary/aromatic N) is 4. The van der Waals surface area contributed by atoms with Crippen LogP contribution in [0.15, 0.2) is 97.1 Å². The molecule has 0 saturated heterocycles. The largest absolute Gasteiger partial charge is 0.371 e. The number of hydrogen-bond acceptors (Lipinski definition) is 3. The molecule has 0 bridgehead atoms. The Kier molecular flexibility index (Phi) is 6.51. The third-order valence-corrected chi connectivity index (χ3v) is 13.8. The summed E-state index contributed by atoms with van der Waals surface area (Å²) in [4.78, 5) is 9.21. The van der Waals surface area contributed by atoms with Gasteiger partial charge in [0.15, 0.2) is 5.69 Å². The molecule has 4 heterocycles. The van der Waals surface area contributed by atoms with E-state index < -0.39 is 5.41 Å². The molecular formula is C51H40N4. The molecule has 6 aromatic carbocycles. The van der Waals surface area contributed by atoms with Gasteiger partial charge in [-0.15, -0.1) is 0 Å². The van der Waals surface area contributed by atoms with Crippen molar-refractivity contribution in [3.05, 3.63) is 159 Å². The smallest absolute Gasteiger partial charge is 0.187 e. The van der Waals surface area contributed by atoms with Crippen LogP contribution in [0.25, 0.3) is 49.4 Å². The molecule has 1 spiro atoms. The van der Waals surface area contributed by atoms with E-state index in [1.165, 1.54) is 130 Å². The maximum Gasteiger partial charge on any atom is 0.187 e. The minimum atomic E-state index is -0.673. The molecule has 6 aromatic rings. The minimum absolute atomic E-state index is 0.644. The number of benzene rings is 6. The van der Waals surface area contributed by atoms with Crippen LogP contribution in [0.4, 0.5) is 17.1 Å². The van der Waals surface area contributed by atoms with Crippen LogP contribution in [0.1, 0.15) is 75.8 Å². The van der Waals surface area contributed by atoms with Crippen LogP contribution in [0.5, 0.6) is 0 Å².